The first kappa shape index (κ1) is 22.6. The Bertz CT molecular complexity index is 1460. The third-order valence-corrected chi connectivity index (χ3v) is 5.91. The maximum Gasteiger partial charge on any atom is 0.244 e. The number of aromatic nitrogens is 2. The number of nitrogens with one attached hydrogen (secondary N) is 1. The van der Waals surface area contributed by atoms with E-state index in [0.29, 0.717) is 28.0 Å². The lowest BCUT2D eigenvalue weighted by molar-refractivity contribution is -0.116. The zero-order valence-corrected chi connectivity index (χ0v) is 20.1. The molecular weight excluding hydrogens is 482 g/mol. The quantitative estimate of drug-likeness (QED) is 0.390. The number of nitrogens with zero attached hydrogens (tertiary/aromatic N) is 2. The van der Waals surface area contributed by atoms with Crippen LogP contribution in [0.4, 0.5) is 5.69 Å². The van der Waals surface area contributed by atoms with Gasteiger partial charge in [0.15, 0.2) is 5.78 Å². The van der Waals surface area contributed by atoms with Gasteiger partial charge in [-0.15, -0.1) is 0 Å². The fourth-order valence-electron chi connectivity index (χ4n) is 3.70. The number of carbonyl (C=O) groups is 2. The Morgan fingerprint density at radius 1 is 1.00 bits per heavy atom. The lowest BCUT2D eigenvalue weighted by Gasteiger charge is -2.14. The Labute approximate surface area is 199 Å². The molecule has 0 aliphatic heterocycles. The largest absolute Gasteiger partial charge is 0.324 e. The summed E-state index contributed by atoms with van der Waals surface area (Å²) in [6.07, 6.45) is 1.43. The number of carbonyl (C=O) groups excluding carboxylic acids is 2. The number of halogens is 1. The van der Waals surface area contributed by atoms with E-state index in [9.17, 15) is 14.4 Å². The summed E-state index contributed by atoms with van der Waals surface area (Å²) in [6.45, 7) is 5.63. The van der Waals surface area contributed by atoms with Crippen molar-refractivity contribution in [3.05, 3.63) is 103 Å². The average Bonchev–Trinajstić information content (AvgIpc) is 2.77. The molecule has 0 atom stereocenters. The van der Waals surface area contributed by atoms with Crippen LogP contribution in [0, 0.1) is 20.8 Å². The van der Waals surface area contributed by atoms with Gasteiger partial charge in [-0.3, -0.25) is 14.4 Å². The Kier molecular flexibility index (Phi) is 6.24. The summed E-state index contributed by atoms with van der Waals surface area (Å²) in [4.78, 5) is 43.7. The van der Waals surface area contributed by atoms with Crippen molar-refractivity contribution in [2.24, 2.45) is 0 Å². The van der Waals surface area contributed by atoms with Gasteiger partial charge in [-0.05, 0) is 68.8 Å². The molecule has 0 aliphatic carbocycles. The first-order valence-corrected chi connectivity index (χ1v) is 11.2. The first-order chi connectivity index (χ1) is 15.7. The number of fused-ring (bicyclic) bond motifs is 1. The zero-order valence-electron chi connectivity index (χ0n) is 18.5. The molecule has 1 N–H and O–H groups in total. The van der Waals surface area contributed by atoms with Crippen LogP contribution < -0.4 is 10.7 Å². The molecule has 2 aromatic heterocycles. The Hall–Kier alpha value is -3.58. The third kappa shape index (κ3) is 4.78. The predicted molar refractivity (Wildman–Crippen MR) is 133 cm³/mol. The van der Waals surface area contributed by atoms with Crippen LogP contribution in [0.15, 0.2) is 70.1 Å². The minimum atomic E-state index is -0.406. The highest BCUT2D eigenvalue weighted by molar-refractivity contribution is 9.10. The molecule has 0 saturated carbocycles. The molecule has 0 unspecified atom stereocenters. The molecule has 4 aromatic rings. The average molecular weight is 504 g/mol. The molecule has 6 nitrogen and oxygen atoms in total. The summed E-state index contributed by atoms with van der Waals surface area (Å²) >= 11 is 3.35. The number of anilines is 1. The number of aryl methyl sites for hydroxylation is 3. The first-order valence-electron chi connectivity index (χ1n) is 10.4. The highest BCUT2D eigenvalue weighted by atomic mass is 79.9. The van der Waals surface area contributed by atoms with Crippen molar-refractivity contribution in [3.63, 3.8) is 0 Å². The van der Waals surface area contributed by atoms with Crippen LogP contribution in [0.5, 0.6) is 0 Å². The van der Waals surface area contributed by atoms with E-state index < -0.39 is 11.2 Å². The number of hydrogen-bond acceptors (Lipinski definition) is 4. The number of ketones is 1. The molecule has 2 heterocycles. The van der Waals surface area contributed by atoms with Gasteiger partial charge in [-0.1, -0.05) is 33.6 Å². The van der Waals surface area contributed by atoms with E-state index in [-0.39, 0.29) is 18.0 Å². The summed E-state index contributed by atoms with van der Waals surface area (Å²) in [5.74, 6) is -0.684. The van der Waals surface area contributed by atoms with Crippen molar-refractivity contribution in [2.45, 2.75) is 27.3 Å². The molecule has 33 heavy (non-hydrogen) atoms. The van der Waals surface area contributed by atoms with Crippen LogP contribution in [0.3, 0.4) is 0 Å². The molecule has 0 radical (unpaired) electrons. The number of rotatable bonds is 5. The van der Waals surface area contributed by atoms with E-state index in [1.54, 1.807) is 41.0 Å². The number of benzene rings is 2. The van der Waals surface area contributed by atoms with Crippen molar-refractivity contribution in [1.82, 2.24) is 9.55 Å². The van der Waals surface area contributed by atoms with Crippen molar-refractivity contribution in [2.75, 3.05) is 5.32 Å². The second kappa shape index (κ2) is 9.11. The van der Waals surface area contributed by atoms with Crippen LogP contribution >= 0.6 is 15.9 Å². The maximum absolute atomic E-state index is 13.1. The van der Waals surface area contributed by atoms with Crippen LogP contribution in [-0.4, -0.2) is 21.2 Å². The summed E-state index contributed by atoms with van der Waals surface area (Å²) in [7, 11) is 0. The minimum Gasteiger partial charge on any atom is -0.324 e. The monoisotopic (exact) mass is 503 g/mol. The van der Waals surface area contributed by atoms with E-state index in [2.05, 4.69) is 26.2 Å². The summed E-state index contributed by atoms with van der Waals surface area (Å²) < 4.78 is 2.40. The molecule has 0 spiro atoms. The van der Waals surface area contributed by atoms with Gasteiger partial charge in [0, 0.05) is 27.6 Å². The predicted octanol–water partition coefficient (Wildman–Crippen LogP) is 4.95. The van der Waals surface area contributed by atoms with Crippen molar-refractivity contribution in [1.29, 1.82) is 0 Å². The molecule has 1 amide bonds. The van der Waals surface area contributed by atoms with Crippen LogP contribution in [-0.2, 0) is 11.3 Å². The number of pyridine rings is 2. The van der Waals surface area contributed by atoms with Crippen LogP contribution in [0.2, 0.25) is 0 Å². The van der Waals surface area contributed by atoms with E-state index in [0.717, 1.165) is 15.6 Å². The van der Waals surface area contributed by atoms with Gasteiger partial charge in [0.1, 0.15) is 12.2 Å². The van der Waals surface area contributed by atoms with Crippen molar-refractivity contribution >= 4 is 44.3 Å². The molecule has 2 aromatic carbocycles. The molecule has 0 bridgehead atoms. The molecule has 4 rings (SSSR count). The van der Waals surface area contributed by atoms with E-state index >= 15 is 0 Å². The summed E-state index contributed by atoms with van der Waals surface area (Å²) in [5.41, 5.74) is 3.82. The normalized spacial score (nSPS) is 10.9. The molecular formula is C26H22BrN3O3. The Balaban J connectivity index is 1.76. The Morgan fingerprint density at radius 3 is 2.42 bits per heavy atom. The lowest BCUT2D eigenvalue weighted by atomic mass is 10.0. The fourth-order valence-corrected chi connectivity index (χ4v) is 3.96. The number of amides is 1. The number of hydrogen-bond donors (Lipinski definition) is 1. The fraction of sp³-hybridized carbons (Fsp3) is 0.154. The van der Waals surface area contributed by atoms with Gasteiger partial charge < -0.3 is 9.88 Å². The zero-order chi connectivity index (χ0) is 23.7. The lowest BCUT2D eigenvalue weighted by Crippen LogP contribution is -2.25. The second-order valence-corrected chi connectivity index (χ2v) is 8.94. The highest BCUT2D eigenvalue weighted by Gasteiger charge is 2.19. The molecule has 0 aliphatic rings. The maximum atomic E-state index is 13.1. The summed E-state index contributed by atoms with van der Waals surface area (Å²) in [6, 6.07) is 15.9. The van der Waals surface area contributed by atoms with Gasteiger partial charge in [0.25, 0.3) is 0 Å². The van der Waals surface area contributed by atoms with Gasteiger partial charge >= 0.3 is 0 Å². The smallest absolute Gasteiger partial charge is 0.244 e. The van der Waals surface area contributed by atoms with Crippen molar-refractivity contribution in [3.8, 4) is 0 Å². The van der Waals surface area contributed by atoms with Crippen LogP contribution in [0.1, 0.15) is 32.7 Å². The third-order valence-electron chi connectivity index (χ3n) is 5.38. The molecule has 7 heteroatoms. The SMILES string of the molecule is Cc1ccc(NC(=O)Cn2cc(C(=O)c3ccc(Br)cc3)c(=O)c3ccc(C)nc32)c(C)c1. The van der Waals surface area contributed by atoms with E-state index in [1.807, 2.05) is 39.0 Å². The van der Waals surface area contributed by atoms with Gasteiger partial charge in [-0.25, -0.2) is 4.98 Å². The van der Waals surface area contributed by atoms with Gasteiger partial charge in [-0.2, -0.15) is 0 Å². The second-order valence-electron chi connectivity index (χ2n) is 8.03. The van der Waals surface area contributed by atoms with Crippen LogP contribution in [0.25, 0.3) is 11.0 Å². The molecule has 0 saturated heterocycles. The van der Waals surface area contributed by atoms with Crippen molar-refractivity contribution < 1.29 is 9.59 Å². The topological polar surface area (TPSA) is 81.1 Å². The van der Waals surface area contributed by atoms with Gasteiger partial charge in [0.2, 0.25) is 11.3 Å². The highest BCUT2D eigenvalue weighted by Crippen LogP contribution is 2.18. The van der Waals surface area contributed by atoms with E-state index in [4.69, 9.17) is 0 Å². The minimum absolute atomic E-state index is 0.00482. The molecule has 0 fully saturated rings. The summed E-state index contributed by atoms with van der Waals surface area (Å²) in [5, 5.41) is 3.20. The van der Waals surface area contributed by atoms with E-state index in [1.165, 1.54) is 6.20 Å². The van der Waals surface area contributed by atoms with Gasteiger partial charge in [0.05, 0.1) is 10.9 Å². The molecule has 166 valence electrons. The standard InChI is InChI=1S/C26H22BrN3O3/c1-15-4-11-22(16(2)12-15)29-23(31)14-30-13-21(24(32)18-6-8-19(27)9-7-18)25(33)20-10-5-17(3)28-26(20)30/h4-13H,14H2,1-3H3,(H,29,31). The Morgan fingerprint density at radius 2 is 1.73 bits per heavy atom.